The van der Waals surface area contributed by atoms with E-state index in [-0.39, 0.29) is 24.8 Å². The number of hydrogen-bond donors (Lipinski definition) is 1. The molecule has 0 aromatic heterocycles. The zero-order valence-electron chi connectivity index (χ0n) is 14.2. The molecule has 1 rings (SSSR count). The molecule has 1 unspecified atom stereocenters. The lowest BCUT2D eigenvalue weighted by Crippen LogP contribution is -2.39. The smallest absolute Gasteiger partial charge is 0.305 e. The van der Waals surface area contributed by atoms with Gasteiger partial charge in [-0.3, -0.25) is 9.59 Å². The van der Waals surface area contributed by atoms with Crippen molar-refractivity contribution in [2.75, 3.05) is 19.7 Å². The summed E-state index contributed by atoms with van der Waals surface area (Å²) in [4.78, 5) is 24.9. The van der Waals surface area contributed by atoms with Gasteiger partial charge < -0.3 is 14.7 Å². The Morgan fingerprint density at radius 2 is 1.83 bits per heavy atom. The minimum atomic E-state index is -0.883. The summed E-state index contributed by atoms with van der Waals surface area (Å²) in [5.41, 5.74) is 0. The Morgan fingerprint density at radius 3 is 2.39 bits per heavy atom. The molecule has 0 heterocycles. The van der Waals surface area contributed by atoms with Crippen molar-refractivity contribution in [2.45, 2.75) is 33.6 Å². The molecule has 0 saturated heterocycles. The Kier molecular flexibility index (Phi) is 8.16. The van der Waals surface area contributed by atoms with Crippen LogP contribution in [0.1, 0.15) is 33.6 Å². The molecule has 0 spiro atoms. The van der Waals surface area contributed by atoms with Crippen molar-refractivity contribution >= 4 is 11.9 Å². The number of aliphatic carboxylic acids is 1. The number of carboxylic acids is 1. The molecule has 1 aromatic carbocycles. The van der Waals surface area contributed by atoms with Crippen molar-refractivity contribution in [3.05, 3.63) is 30.3 Å². The van der Waals surface area contributed by atoms with Gasteiger partial charge in [-0.15, -0.1) is 0 Å². The van der Waals surface area contributed by atoms with Gasteiger partial charge in [0.1, 0.15) is 5.75 Å². The summed E-state index contributed by atoms with van der Waals surface area (Å²) in [5.74, 6) is 0.0204. The third-order valence-corrected chi connectivity index (χ3v) is 3.48. The molecule has 1 atom stereocenters. The van der Waals surface area contributed by atoms with Crippen LogP contribution in [0, 0.1) is 11.8 Å². The fourth-order valence-corrected chi connectivity index (χ4v) is 2.27. The van der Waals surface area contributed by atoms with E-state index in [2.05, 4.69) is 0 Å². The number of carbonyl (C=O) groups excluding carboxylic acids is 1. The number of para-hydroxylation sites is 1. The molecular weight excluding hydrogens is 294 g/mol. The van der Waals surface area contributed by atoms with Crippen LogP contribution in [0.2, 0.25) is 0 Å². The van der Waals surface area contributed by atoms with Crippen LogP contribution >= 0.6 is 0 Å². The molecule has 0 aliphatic carbocycles. The predicted molar refractivity (Wildman–Crippen MR) is 89.4 cm³/mol. The number of ether oxygens (including phenoxy) is 1. The van der Waals surface area contributed by atoms with Gasteiger partial charge in [-0.2, -0.15) is 0 Å². The van der Waals surface area contributed by atoms with Crippen molar-refractivity contribution in [3.63, 3.8) is 0 Å². The molecule has 0 aliphatic heterocycles. The van der Waals surface area contributed by atoms with Gasteiger partial charge in [-0.25, -0.2) is 0 Å². The molecule has 5 nitrogen and oxygen atoms in total. The number of carboxylic acid groups (broad SMARTS) is 1. The third kappa shape index (κ3) is 7.68. The lowest BCUT2D eigenvalue weighted by molar-refractivity contribution is -0.140. The lowest BCUT2D eigenvalue weighted by Gasteiger charge is -2.27. The standard InChI is InChI=1S/C18H27NO4/c1-14(2)13-19(11-9-17(20)21)18(22)15(3)10-12-23-16-7-5-4-6-8-16/h4-8,14-15H,9-13H2,1-3H3,(H,20,21). The first-order chi connectivity index (χ1) is 10.9. The van der Waals surface area contributed by atoms with Crippen LogP contribution in [0.4, 0.5) is 0 Å². The maximum Gasteiger partial charge on any atom is 0.305 e. The molecule has 128 valence electrons. The number of benzene rings is 1. The highest BCUT2D eigenvalue weighted by molar-refractivity contribution is 5.79. The molecule has 23 heavy (non-hydrogen) atoms. The molecule has 0 radical (unpaired) electrons. The number of nitrogens with zero attached hydrogens (tertiary/aromatic N) is 1. The van der Waals surface area contributed by atoms with E-state index in [9.17, 15) is 9.59 Å². The number of amides is 1. The summed E-state index contributed by atoms with van der Waals surface area (Å²) in [6.07, 6.45) is 0.584. The van der Waals surface area contributed by atoms with Crippen molar-refractivity contribution < 1.29 is 19.4 Å². The second-order valence-electron chi connectivity index (χ2n) is 6.17. The zero-order valence-corrected chi connectivity index (χ0v) is 14.2. The quantitative estimate of drug-likeness (QED) is 0.719. The monoisotopic (exact) mass is 321 g/mol. The summed E-state index contributed by atoms with van der Waals surface area (Å²) in [5, 5.41) is 8.83. The highest BCUT2D eigenvalue weighted by Crippen LogP contribution is 2.13. The van der Waals surface area contributed by atoms with E-state index in [1.807, 2.05) is 51.1 Å². The second-order valence-corrected chi connectivity index (χ2v) is 6.17. The largest absolute Gasteiger partial charge is 0.494 e. The van der Waals surface area contributed by atoms with Gasteiger partial charge in [-0.1, -0.05) is 39.0 Å². The molecular formula is C18H27NO4. The number of rotatable bonds is 10. The SMILES string of the molecule is CC(C)CN(CCC(=O)O)C(=O)C(C)CCOc1ccccc1. The fourth-order valence-electron chi connectivity index (χ4n) is 2.27. The van der Waals surface area contributed by atoms with Crippen LogP contribution in [-0.2, 0) is 9.59 Å². The molecule has 1 N–H and O–H groups in total. The number of carbonyl (C=O) groups is 2. The van der Waals surface area contributed by atoms with E-state index in [1.165, 1.54) is 0 Å². The maximum atomic E-state index is 12.5. The van der Waals surface area contributed by atoms with Crippen LogP contribution in [0.3, 0.4) is 0 Å². The van der Waals surface area contributed by atoms with Crippen molar-refractivity contribution in [1.82, 2.24) is 4.90 Å². The Morgan fingerprint density at radius 1 is 1.17 bits per heavy atom. The Labute approximate surface area is 138 Å². The molecule has 5 heteroatoms. The molecule has 0 bridgehead atoms. The van der Waals surface area contributed by atoms with Gasteiger partial charge in [0.05, 0.1) is 13.0 Å². The summed E-state index contributed by atoms with van der Waals surface area (Å²) in [7, 11) is 0. The van der Waals surface area contributed by atoms with Gasteiger partial charge in [0.2, 0.25) is 5.91 Å². The van der Waals surface area contributed by atoms with Gasteiger partial charge in [0.25, 0.3) is 0 Å². The van der Waals surface area contributed by atoms with E-state index >= 15 is 0 Å². The van der Waals surface area contributed by atoms with E-state index in [4.69, 9.17) is 9.84 Å². The molecule has 0 aliphatic rings. The van der Waals surface area contributed by atoms with Crippen molar-refractivity contribution in [1.29, 1.82) is 0 Å². The number of hydrogen-bond acceptors (Lipinski definition) is 3. The summed E-state index contributed by atoms with van der Waals surface area (Å²) < 4.78 is 5.62. The first-order valence-corrected chi connectivity index (χ1v) is 8.08. The summed E-state index contributed by atoms with van der Waals surface area (Å²) in [6, 6.07) is 9.49. The average molecular weight is 321 g/mol. The summed E-state index contributed by atoms with van der Waals surface area (Å²) >= 11 is 0. The molecule has 0 fully saturated rings. The normalized spacial score (nSPS) is 12.0. The third-order valence-electron chi connectivity index (χ3n) is 3.48. The van der Waals surface area contributed by atoms with Crippen LogP contribution in [0.25, 0.3) is 0 Å². The minimum Gasteiger partial charge on any atom is -0.494 e. The first kappa shape index (κ1) is 19.0. The van der Waals surface area contributed by atoms with Crippen molar-refractivity contribution in [3.8, 4) is 5.75 Å². The van der Waals surface area contributed by atoms with Crippen LogP contribution < -0.4 is 4.74 Å². The zero-order chi connectivity index (χ0) is 17.2. The van der Waals surface area contributed by atoms with Crippen LogP contribution in [-0.4, -0.2) is 41.6 Å². The fraction of sp³-hybridized carbons (Fsp3) is 0.556. The van der Waals surface area contributed by atoms with Gasteiger partial charge in [-0.05, 0) is 24.5 Å². The Hall–Kier alpha value is -2.04. The Bertz CT molecular complexity index is 487. The molecule has 1 amide bonds. The summed E-state index contributed by atoms with van der Waals surface area (Å²) in [6.45, 7) is 7.21. The molecule has 0 saturated carbocycles. The molecule has 1 aromatic rings. The minimum absolute atomic E-state index is 0.00314. The van der Waals surface area contributed by atoms with E-state index in [0.717, 1.165) is 5.75 Å². The highest BCUT2D eigenvalue weighted by Gasteiger charge is 2.21. The average Bonchev–Trinajstić information content (AvgIpc) is 2.51. The van der Waals surface area contributed by atoms with Crippen LogP contribution in [0.5, 0.6) is 5.75 Å². The predicted octanol–water partition coefficient (Wildman–Crippen LogP) is 3.05. The van der Waals surface area contributed by atoms with Gasteiger partial charge in [0.15, 0.2) is 0 Å². The van der Waals surface area contributed by atoms with E-state index in [0.29, 0.717) is 25.5 Å². The van der Waals surface area contributed by atoms with Crippen molar-refractivity contribution in [2.24, 2.45) is 11.8 Å². The highest BCUT2D eigenvalue weighted by atomic mass is 16.5. The van der Waals surface area contributed by atoms with E-state index < -0.39 is 5.97 Å². The Balaban J connectivity index is 2.47. The topological polar surface area (TPSA) is 66.8 Å². The van der Waals surface area contributed by atoms with Crippen LogP contribution in [0.15, 0.2) is 30.3 Å². The first-order valence-electron chi connectivity index (χ1n) is 8.08. The van der Waals surface area contributed by atoms with Gasteiger partial charge >= 0.3 is 5.97 Å². The maximum absolute atomic E-state index is 12.5. The lowest BCUT2D eigenvalue weighted by atomic mass is 10.1. The van der Waals surface area contributed by atoms with E-state index in [1.54, 1.807) is 4.90 Å². The second kappa shape index (κ2) is 9.87. The van der Waals surface area contributed by atoms with Gasteiger partial charge in [0, 0.05) is 19.0 Å².